The Morgan fingerprint density at radius 3 is 2.40 bits per heavy atom. The SMILES string of the molecule is O=C(Nc1ccc(OC(F)F)cc1)C1CCC(n2nncc2-c2ccccc2)CC1. The summed E-state index contributed by atoms with van der Waals surface area (Å²) in [6.45, 7) is -2.87. The van der Waals surface area contributed by atoms with E-state index >= 15 is 0 Å². The molecule has 1 N–H and O–H groups in total. The van der Waals surface area contributed by atoms with E-state index in [1.165, 1.54) is 12.1 Å². The van der Waals surface area contributed by atoms with E-state index in [1.807, 2.05) is 35.0 Å². The van der Waals surface area contributed by atoms with Crippen molar-refractivity contribution in [2.75, 3.05) is 5.32 Å². The van der Waals surface area contributed by atoms with Crippen LogP contribution in [0.2, 0.25) is 0 Å². The number of ether oxygens (including phenoxy) is 1. The number of carbonyl (C=O) groups excluding carboxylic acids is 1. The first-order valence-electron chi connectivity index (χ1n) is 9.91. The fraction of sp³-hybridized carbons (Fsp3) is 0.318. The smallest absolute Gasteiger partial charge is 0.387 e. The van der Waals surface area contributed by atoms with Crippen LogP contribution in [0.5, 0.6) is 5.75 Å². The minimum Gasteiger partial charge on any atom is -0.435 e. The second kappa shape index (κ2) is 9.02. The van der Waals surface area contributed by atoms with Gasteiger partial charge < -0.3 is 10.1 Å². The summed E-state index contributed by atoms with van der Waals surface area (Å²) < 4.78 is 30.7. The minimum absolute atomic E-state index is 0.0575. The van der Waals surface area contributed by atoms with Gasteiger partial charge in [-0.25, -0.2) is 4.68 Å². The molecule has 0 aliphatic heterocycles. The van der Waals surface area contributed by atoms with Gasteiger partial charge in [-0.05, 0) is 49.9 Å². The monoisotopic (exact) mass is 412 g/mol. The highest BCUT2D eigenvalue weighted by molar-refractivity contribution is 5.92. The zero-order valence-electron chi connectivity index (χ0n) is 16.2. The van der Waals surface area contributed by atoms with E-state index in [2.05, 4.69) is 20.4 Å². The van der Waals surface area contributed by atoms with Crippen LogP contribution >= 0.6 is 0 Å². The normalized spacial score (nSPS) is 18.9. The van der Waals surface area contributed by atoms with Crippen LogP contribution in [0, 0.1) is 5.92 Å². The predicted molar refractivity (Wildman–Crippen MR) is 108 cm³/mol. The number of amides is 1. The molecule has 1 aromatic heterocycles. The molecular formula is C22H22F2N4O2. The van der Waals surface area contributed by atoms with E-state index < -0.39 is 6.61 Å². The van der Waals surface area contributed by atoms with Gasteiger partial charge >= 0.3 is 6.61 Å². The molecule has 4 rings (SSSR count). The van der Waals surface area contributed by atoms with Crippen LogP contribution in [0.25, 0.3) is 11.3 Å². The molecule has 0 unspecified atom stereocenters. The van der Waals surface area contributed by atoms with Gasteiger partial charge in [-0.2, -0.15) is 8.78 Å². The second-order valence-electron chi connectivity index (χ2n) is 7.33. The van der Waals surface area contributed by atoms with Gasteiger partial charge in [0, 0.05) is 17.2 Å². The van der Waals surface area contributed by atoms with Gasteiger partial charge in [-0.3, -0.25) is 4.79 Å². The number of carbonyl (C=O) groups is 1. The molecule has 6 nitrogen and oxygen atoms in total. The lowest BCUT2D eigenvalue weighted by Crippen LogP contribution is -2.28. The molecule has 30 heavy (non-hydrogen) atoms. The number of hydrogen-bond donors (Lipinski definition) is 1. The number of halogens is 2. The Hall–Kier alpha value is -3.29. The largest absolute Gasteiger partial charge is 0.435 e. The lowest BCUT2D eigenvalue weighted by Gasteiger charge is -2.28. The maximum atomic E-state index is 12.6. The zero-order valence-corrected chi connectivity index (χ0v) is 16.2. The van der Waals surface area contributed by atoms with Crippen molar-refractivity contribution in [3.05, 3.63) is 60.8 Å². The highest BCUT2D eigenvalue weighted by Gasteiger charge is 2.29. The summed E-state index contributed by atoms with van der Waals surface area (Å²) in [5, 5.41) is 11.2. The quantitative estimate of drug-likeness (QED) is 0.624. The lowest BCUT2D eigenvalue weighted by atomic mass is 9.85. The highest BCUT2D eigenvalue weighted by atomic mass is 19.3. The summed E-state index contributed by atoms with van der Waals surface area (Å²) in [5.74, 6) is -0.0923. The molecule has 0 atom stereocenters. The van der Waals surface area contributed by atoms with Crippen LogP contribution in [0.1, 0.15) is 31.7 Å². The summed E-state index contributed by atoms with van der Waals surface area (Å²) in [4.78, 5) is 12.6. The molecule has 1 aliphatic carbocycles. The summed E-state index contributed by atoms with van der Waals surface area (Å²) >= 11 is 0. The number of aromatic nitrogens is 3. The Bertz CT molecular complexity index is 968. The van der Waals surface area contributed by atoms with Crippen molar-refractivity contribution in [2.24, 2.45) is 5.92 Å². The maximum absolute atomic E-state index is 12.6. The molecule has 8 heteroatoms. The zero-order chi connectivity index (χ0) is 20.9. The van der Waals surface area contributed by atoms with Crippen molar-refractivity contribution in [1.82, 2.24) is 15.0 Å². The van der Waals surface area contributed by atoms with Gasteiger partial charge in [0.15, 0.2) is 0 Å². The third-order valence-electron chi connectivity index (χ3n) is 5.40. The topological polar surface area (TPSA) is 69.0 Å². The summed E-state index contributed by atoms with van der Waals surface area (Å²) in [6.07, 6.45) is 4.94. The van der Waals surface area contributed by atoms with Gasteiger partial charge in [-0.15, -0.1) is 5.10 Å². The van der Waals surface area contributed by atoms with Crippen LogP contribution in [0.15, 0.2) is 60.8 Å². The average Bonchev–Trinajstić information content (AvgIpc) is 3.25. The van der Waals surface area contributed by atoms with Crippen LogP contribution in [0.4, 0.5) is 14.5 Å². The molecule has 1 heterocycles. The van der Waals surface area contributed by atoms with E-state index in [0.29, 0.717) is 5.69 Å². The van der Waals surface area contributed by atoms with E-state index in [0.717, 1.165) is 36.9 Å². The fourth-order valence-electron chi connectivity index (χ4n) is 3.88. The van der Waals surface area contributed by atoms with E-state index in [4.69, 9.17) is 0 Å². The van der Waals surface area contributed by atoms with E-state index in [1.54, 1.807) is 18.3 Å². The highest BCUT2D eigenvalue weighted by Crippen LogP contribution is 2.35. The first kappa shape index (κ1) is 20.0. The lowest BCUT2D eigenvalue weighted by molar-refractivity contribution is -0.121. The molecule has 2 aromatic carbocycles. The van der Waals surface area contributed by atoms with Gasteiger partial charge in [-0.1, -0.05) is 35.5 Å². The van der Waals surface area contributed by atoms with Crippen LogP contribution in [-0.4, -0.2) is 27.5 Å². The first-order valence-corrected chi connectivity index (χ1v) is 9.91. The molecule has 0 radical (unpaired) electrons. The van der Waals surface area contributed by atoms with Crippen molar-refractivity contribution < 1.29 is 18.3 Å². The van der Waals surface area contributed by atoms with Gasteiger partial charge in [0.25, 0.3) is 0 Å². The number of nitrogens with zero attached hydrogens (tertiary/aromatic N) is 3. The third kappa shape index (κ3) is 4.64. The van der Waals surface area contributed by atoms with Crippen molar-refractivity contribution >= 4 is 11.6 Å². The summed E-state index contributed by atoms with van der Waals surface area (Å²) in [7, 11) is 0. The van der Waals surface area contributed by atoms with Crippen molar-refractivity contribution in [1.29, 1.82) is 0 Å². The van der Waals surface area contributed by atoms with E-state index in [9.17, 15) is 13.6 Å². The standard InChI is InChI=1S/C22H22F2N4O2/c23-22(24)30-19-12-8-17(9-13-19)26-21(29)16-6-10-18(11-7-16)28-20(14-25-27-28)15-4-2-1-3-5-15/h1-5,8-9,12-14,16,18,22H,6-7,10-11H2,(H,26,29). The number of rotatable bonds is 6. The Kier molecular flexibility index (Phi) is 6.02. The molecule has 1 aliphatic rings. The van der Waals surface area contributed by atoms with E-state index in [-0.39, 0.29) is 23.6 Å². The fourth-order valence-corrected chi connectivity index (χ4v) is 3.88. The first-order chi connectivity index (χ1) is 14.6. The second-order valence-corrected chi connectivity index (χ2v) is 7.33. The number of anilines is 1. The minimum atomic E-state index is -2.87. The van der Waals surface area contributed by atoms with Crippen molar-refractivity contribution in [3.63, 3.8) is 0 Å². The van der Waals surface area contributed by atoms with Gasteiger partial charge in [0.2, 0.25) is 5.91 Å². The van der Waals surface area contributed by atoms with Gasteiger partial charge in [0.05, 0.1) is 17.9 Å². The Balaban J connectivity index is 1.34. The summed E-state index contributed by atoms with van der Waals surface area (Å²) in [6, 6.07) is 16.2. The van der Waals surface area contributed by atoms with Gasteiger partial charge in [0.1, 0.15) is 5.75 Å². The number of benzene rings is 2. The Morgan fingerprint density at radius 2 is 1.73 bits per heavy atom. The maximum Gasteiger partial charge on any atom is 0.387 e. The van der Waals surface area contributed by atoms with Crippen LogP contribution in [0.3, 0.4) is 0 Å². The molecule has 0 spiro atoms. The molecular weight excluding hydrogens is 390 g/mol. The van der Waals surface area contributed by atoms with Crippen molar-refractivity contribution in [3.8, 4) is 17.0 Å². The molecule has 1 fully saturated rings. The van der Waals surface area contributed by atoms with Crippen LogP contribution in [-0.2, 0) is 4.79 Å². The predicted octanol–water partition coefficient (Wildman–Crippen LogP) is 4.92. The Labute approximate surface area is 172 Å². The molecule has 3 aromatic rings. The molecule has 1 saturated carbocycles. The molecule has 156 valence electrons. The summed E-state index contributed by atoms with van der Waals surface area (Å²) in [5.41, 5.74) is 2.61. The van der Waals surface area contributed by atoms with Crippen molar-refractivity contribution in [2.45, 2.75) is 38.3 Å². The number of alkyl halides is 2. The molecule has 0 bridgehead atoms. The molecule has 1 amide bonds. The third-order valence-corrected chi connectivity index (χ3v) is 5.40. The number of hydrogen-bond acceptors (Lipinski definition) is 4. The van der Waals surface area contributed by atoms with Crippen LogP contribution < -0.4 is 10.1 Å². The molecule has 0 saturated heterocycles. The number of nitrogens with one attached hydrogen (secondary N) is 1. The average molecular weight is 412 g/mol. The Morgan fingerprint density at radius 1 is 1.03 bits per heavy atom.